The van der Waals surface area contributed by atoms with Gasteiger partial charge in [0.05, 0.1) is 6.61 Å². The molecule has 0 aromatic carbocycles. The monoisotopic (exact) mass is 219 g/mol. The van der Waals surface area contributed by atoms with Crippen molar-refractivity contribution in [3.05, 3.63) is 30.1 Å². The van der Waals surface area contributed by atoms with Crippen molar-refractivity contribution in [2.75, 3.05) is 6.61 Å². The molecule has 2 rings (SSSR count). The van der Waals surface area contributed by atoms with Crippen LogP contribution in [0.3, 0.4) is 0 Å². The summed E-state index contributed by atoms with van der Waals surface area (Å²) in [5, 5.41) is 13.6. The second kappa shape index (κ2) is 4.23. The molecule has 16 heavy (non-hydrogen) atoms. The maximum Gasteiger partial charge on any atom is 0.137 e. The van der Waals surface area contributed by atoms with E-state index in [-0.39, 0.29) is 12.1 Å². The molecule has 3 N–H and O–H groups in total. The summed E-state index contributed by atoms with van der Waals surface area (Å²) in [7, 11) is 0. The number of hydrogen-bond acceptors (Lipinski definition) is 3. The predicted molar refractivity (Wildman–Crippen MR) is 64.1 cm³/mol. The molecule has 0 spiro atoms. The van der Waals surface area contributed by atoms with Gasteiger partial charge in [0.2, 0.25) is 0 Å². The first-order valence-corrected chi connectivity index (χ1v) is 5.39. The van der Waals surface area contributed by atoms with Crippen molar-refractivity contribution in [1.29, 1.82) is 0 Å². The van der Waals surface area contributed by atoms with Crippen LogP contribution in [0, 0.1) is 0 Å². The van der Waals surface area contributed by atoms with Crippen molar-refractivity contribution in [2.24, 2.45) is 0 Å². The molecule has 4 nitrogen and oxygen atoms in total. The largest absolute Gasteiger partial charge is 0.394 e. The Bertz CT molecular complexity index is 476. The topological polar surface area (TPSA) is 60.9 Å². The average molecular weight is 219 g/mol. The maximum absolute atomic E-state index is 9.15. The molecule has 2 aromatic heterocycles. The van der Waals surface area contributed by atoms with E-state index in [1.165, 1.54) is 5.56 Å². The van der Waals surface area contributed by atoms with Gasteiger partial charge in [0.25, 0.3) is 0 Å². The molecule has 0 saturated heterocycles. The quantitative estimate of drug-likeness (QED) is 0.729. The molecule has 0 aliphatic carbocycles. The molecule has 2 aromatic rings. The molecule has 0 atom stereocenters. The van der Waals surface area contributed by atoms with Gasteiger partial charge < -0.3 is 15.4 Å². The van der Waals surface area contributed by atoms with Gasteiger partial charge in [-0.25, -0.2) is 4.98 Å². The maximum atomic E-state index is 9.15. The van der Waals surface area contributed by atoms with Crippen LogP contribution in [0.5, 0.6) is 0 Å². The van der Waals surface area contributed by atoms with Crippen LogP contribution in [0.2, 0.25) is 0 Å². The first-order valence-electron chi connectivity index (χ1n) is 5.39. The van der Waals surface area contributed by atoms with Crippen LogP contribution in [0.1, 0.15) is 19.4 Å². The number of nitrogens with one attached hydrogen (secondary N) is 2. The number of fused-ring (bicyclic) bond motifs is 1. The van der Waals surface area contributed by atoms with E-state index in [4.69, 9.17) is 5.11 Å². The number of rotatable bonds is 4. The van der Waals surface area contributed by atoms with Crippen molar-refractivity contribution in [3.8, 4) is 0 Å². The van der Waals surface area contributed by atoms with Gasteiger partial charge in [0.15, 0.2) is 0 Å². The minimum absolute atomic E-state index is 0.119. The van der Waals surface area contributed by atoms with Gasteiger partial charge >= 0.3 is 0 Å². The zero-order chi connectivity index (χ0) is 11.6. The first kappa shape index (κ1) is 11.1. The number of aromatic amines is 1. The highest BCUT2D eigenvalue weighted by molar-refractivity contribution is 5.79. The Morgan fingerprint density at radius 1 is 1.50 bits per heavy atom. The average Bonchev–Trinajstić information content (AvgIpc) is 2.70. The summed E-state index contributed by atoms with van der Waals surface area (Å²) in [6, 6.07) is 3.97. The zero-order valence-electron chi connectivity index (χ0n) is 9.62. The predicted octanol–water partition coefficient (Wildman–Crippen LogP) is 1.42. The van der Waals surface area contributed by atoms with E-state index in [1.54, 1.807) is 6.20 Å². The van der Waals surface area contributed by atoms with Gasteiger partial charge in [-0.3, -0.25) is 0 Å². The molecule has 4 heteroatoms. The molecule has 0 fully saturated rings. The highest BCUT2D eigenvalue weighted by Crippen LogP contribution is 2.16. The smallest absolute Gasteiger partial charge is 0.137 e. The second-order valence-corrected chi connectivity index (χ2v) is 4.61. The van der Waals surface area contributed by atoms with E-state index in [2.05, 4.69) is 15.3 Å². The van der Waals surface area contributed by atoms with Crippen LogP contribution >= 0.6 is 0 Å². The van der Waals surface area contributed by atoms with E-state index >= 15 is 0 Å². The number of hydrogen-bond donors (Lipinski definition) is 3. The van der Waals surface area contributed by atoms with Gasteiger partial charge in [-0.05, 0) is 31.5 Å². The van der Waals surface area contributed by atoms with Crippen LogP contribution in [-0.2, 0) is 6.54 Å². The lowest BCUT2D eigenvalue weighted by molar-refractivity contribution is 0.187. The standard InChI is InChI=1S/C12H17N3O/c1-12(2,8-16)15-7-9-6-14-11-10(9)4-3-5-13-11/h3-6,15-16H,7-8H2,1-2H3,(H,13,14). The highest BCUT2D eigenvalue weighted by Gasteiger charge is 2.15. The number of aliphatic hydroxyl groups excluding tert-OH is 1. The minimum Gasteiger partial charge on any atom is -0.394 e. The molecule has 86 valence electrons. The molecule has 2 heterocycles. The molecular weight excluding hydrogens is 202 g/mol. The number of aromatic nitrogens is 2. The first-order chi connectivity index (χ1) is 7.62. The van der Waals surface area contributed by atoms with Gasteiger partial charge in [0, 0.05) is 29.9 Å². The van der Waals surface area contributed by atoms with Gasteiger partial charge in [-0.1, -0.05) is 0 Å². The Hall–Kier alpha value is -1.39. The third-order valence-corrected chi connectivity index (χ3v) is 2.69. The lowest BCUT2D eigenvalue weighted by atomic mass is 10.1. The Kier molecular flexibility index (Phi) is 2.94. The third-order valence-electron chi connectivity index (χ3n) is 2.69. The summed E-state index contributed by atoms with van der Waals surface area (Å²) in [5.41, 5.74) is 1.82. The highest BCUT2D eigenvalue weighted by atomic mass is 16.3. The van der Waals surface area contributed by atoms with E-state index in [0.29, 0.717) is 0 Å². The Morgan fingerprint density at radius 2 is 2.31 bits per heavy atom. The summed E-state index contributed by atoms with van der Waals surface area (Å²) in [6.07, 6.45) is 3.73. The van der Waals surface area contributed by atoms with Crippen LogP contribution in [0.25, 0.3) is 11.0 Å². The van der Waals surface area contributed by atoms with E-state index in [9.17, 15) is 0 Å². The van der Waals surface area contributed by atoms with Crippen molar-refractivity contribution in [3.63, 3.8) is 0 Å². The molecule has 0 saturated carbocycles. The molecule has 0 amide bonds. The fourth-order valence-electron chi connectivity index (χ4n) is 1.55. The van der Waals surface area contributed by atoms with Crippen molar-refractivity contribution in [1.82, 2.24) is 15.3 Å². The molecule has 0 bridgehead atoms. The molecule has 0 unspecified atom stereocenters. The number of aliphatic hydroxyl groups is 1. The summed E-state index contributed by atoms with van der Waals surface area (Å²) >= 11 is 0. The molecule has 0 radical (unpaired) electrons. The summed E-state index contributed by atoms with van der Waals surface area (Å²) in [5.74, 6) is 0. The lowest BCUT2D eigenvalue weighted by Gasteiger charge is -2.23. The van der Waals surface area contributed by atoms with Crippen LogP contribution in [-0.4, -0.2) is 27.2 Å². The number of H-pyrrole nitrogens is 1. The van der Waals surface area contributed by atoms with Crippen molar-refractivity contribution < 1.29 is 5.11 Å². The molecule has 0 aliphatic heterocycles. The molecular formula is C12H17N3O. The van der Waals surface area contributed by atoms with Gasteiger partial charge in [-0.15, -0.1) is 0 Å². The second-order valence-electron chi connectivity index (χ2n) is 4.61. The van der Waals surface area contributed by atoms with E-state index in [1.807, 2.05) is 32.2 Å². The van der Waals surface area contributed by atoms with E-state index in [0.717, 1.165) is 17.6 Å². The lowest BCUT2D eigenvalue weighted by Crippen LogP contribution is -2.42. The summed E-state index contributed by atoms with van der Waals surface area (Å²) < 4.78 is 0. The van der Waals surface area contributed by atoms with Crippen LogP contribution in [0.15, 0.2) is 24.5 Å². The van der Waals surface area contributed by atoms with Crippen LogP contribution < -0.4 is 5.32 Å². The van der Waals surface area contributed by atoms with Crippen molar-refractivity contribution >= 4 is 11.0 Å². The zero-order valence-corrected chi connectivity index (χ0v) is 9.62. The van der Waals surface area contributed by atoms with Crippen molar-refractivity contribution in [2.45, 2.75) is 25.9 Å². The number of pyridine rings is 1. The summed E-state index contributed by atoms with van der Waals surface area (Å²) in [4.78, 5) is 7.36. The van der Waals surface area contributed by atoms with Gasteiger partial charge in [-0.2, -0.15) is 0 Å². The summed E-state index contributed by atoms with van der Waals surface area (Å²) in [6.45, 7) is 4.78. The van der Waals surface area contributed by atoms with E-state index < -0.39 is 0 Å². The van der Waals surface area contributed by atoms with Crippen LogP contribution in [0.4, 0.5) is 0 Å². The SMILES string of the molecule is CC(C)(CO)NCc1c[nH]c2ncccc12. The number of nitrogens with zero attached hydrogens (tertiary/aromatic N) is 1. The normalized spacial score (nSPS) is 12.2. The third kappa shape index (κ3) is 2.23. The Balaban J connectivity index is 2.16. The molecule has 0 aliphatic rings. The fraction of sp³-hybridized carbons (Fsp3) is 0.417. The minimum atomic E-state index is -0.258. The Labute approximate surface area is 94.7 Å². The fourth-order valence-corrected chi connectivity index (χ4v) is 1.55. The van der Waals surface area contributed by atoms with Gasteiger partial charge in [0.1, 0.15) is 5.65 Å². The Morgan fingerprint density at radius 3 is 3.06 bits per heavy atom.